The first-order valence-corrected chi connectivity index (χ1v) is 11.0. The second-order valence-electron chi connectivity index (χ2n) is 10.5. The van der Waals surface area contributed by atoms with Gasteiger partial charge >= 0.3 is 12.1 Å². The van der Waals surface area contributed by atoms with Crippen molar-refractivity contribution >= 4 is 23.5 Å². The van der Waals surface area contributed by atoms with Gasteiger partial charge in [0, 0.05) is 12.0 Å². The van der Waals surface area contributed by atoms with Crippen LogP contribution in [0.15, 0.2) is 28.9 Å². The standard InChI is InChI=1S/C24H31N5O3/c1-22(2,3)19-12-31-20(28-19)29-15-24(32-21(29)30)9-5-8-23(4,13-24)14-27-18-10-16(11-25)6-7-17(18)26/h6-7,10,12,27H,5,8-9,13-15,26H2,1-4H3/t23-,24-/m0/s1. The number of nitrogens with two attached hydrogens (primary N) is 1. The van der Waals surface area contributed by atoms with Gasteiger partial charge in [-0.1, -0.05) is 27.7 Å². The van der Waals surface area contributed by atoms with Crippen LogP contribution in [0.1, 0.15) is 64.6 Å². The molecular formula is C24H31N5O3. The van der Waals surface area contributed by atoms with Crippen molar-refractivity contribution in [3.63, 3.8) is 0 Å². The van der Waals surface area contributed by atoms with Gasteiger partial charge in [0.05, 0.1) is 35.2 Å². The van der Waals surface area contributed by atoms with E-state index in [1.54, 1.807) is 24.5 Å². The monoisotopic (exact) mass is 437 g/mol. The van der Waals surface area contributed by atoms with Crippen LogP contribution in [0.4, 0.5) is 22.2 Å². The molecule has 4 rings (SSSR count). The lowest BCUT2D eigenvalue weighted by Crippen LogP contribution is -2.46. The van der Waals surface area contributed by atoms with Gasteiger partial charge in [0.2, 0.25) is 0 Å². The molecule has 1 aliphatic carbocycles. The number of benzene rings is 1. The van der Waals surface area contributed by atoms with Gasteiger partial charge < -0.3 is 20.2 Å². The van der Waals surface area contributed by atoms with E-state index in [-0.39, 0.29) is 10.8 Å². The molecule has 2 atom stereocenters. The van der Waals surface area contributed by atoms with E-state index in [0.717, 1.165) is 37.1 Å². The number of hydrogen-bond donors (Lipinski definition) is 2. The lowest BCUT2D eigenvalue weighted by molar-refractivity contribution is -0.0171. The Morgan fingerprint density at radius 3 is 2.81 bits per heavy atom. The molecule has 1 saturated heterocycles. The molecule has 0 radical (unpaired) electrons. The molecule has 1 spiro atoms. The van der Waals surface area contributed by atoms with E-state index < -0.39 is 11.7 Å². The molecule has 1 saturated carbocycles. The zero-order chi connectivity index (χ0) is 23.1. The molecule has 1 amide bonds. The van der Waals surface area contributed by atoms with E-state index in [4.69, 9.17) is 20.1 Å². The molecule has 1 aromatic carbocycles. The molecule has 2 fully saturated rings. The number of oxazole rings is 1. The largest absolute Gasteiger partial charge is 0.441 e. The summed E-state index contributed by atoms with van der Waals surface area (Å²) < 4.78 is 11.6. The third-order valence-electron chi connectivity index (χ3n) is 6.51. The van der Waals surface area contributed by atoms with Gasteiger partial charge in [-0.3, -0.25) is 0 Å². The van der Waals surface area contributed by atoms with Gasteiger partial charge in [-0.2, -0.15) is 10.2 Å². The van der Waals surface area contributed by atoms with E-state index >= 15 is 0 Å². The van der Waals surface area contributed by atoms with Crippen LogP contribution in [-0.2, 0) is 10.2 Å². The molecule has 1 aliphatic heterocycles. The maximum Gasteiger partial charge on any atom is 0.418 e. The molecular weight excluding hydrogens is 406 g/mol. The average Bonchev–Trinajstić information content (AvgIpc) is 3.32. The molecule has 2 aliphatic rings. The first-order chi connectivity index (χ1) is 15.0. The quantitative estimate of drug-likeness (QED) is 0.659. The van der Waals surface area contributed by atoms with E-state index in [2.05, 4.69) is 44.1 Å². The van der Waals surface area contributed by atoms with Gasteiger partial charge in [0.1, 0.15) is 11.9 Å². The number of hydrogen-bond acceptors (Lipinski definition) is 7. The number of nitriles is 1. The first-order valence-electron chi connectivity index (χ1n) is 11.0. The van der Waals surface area contributed by atoms with Crippen LogP contribution in [0.5, 0.6) is 0 Å². The highest BCUT2D eigenvalue weighted by Crippen LogP contribution is 2.47. The normalized spacial score (nSPS) is 25.6. The second-order valence-corrected chi connectivity index (χ2v) is 10.5. The van der Waals surface area contributed by atoms with Crippen molar-refractivity contribution in [2.24, 2.45) is 5.41 Å². The van der Waals surface area contributed by atoms with E-state index in [1.807, 2.05) is 0 Å². The topological polar surface area (TPSA) is 117 Å². The summed E-state index contributed by atoms with van der Waals surface area (Å²) in [6.07, 6.45) is 4.69. The second kappa shape index (κ2) is 7.73. The Kier molecular flexibility index (Phi) is 5.32. The van der Waals surface area contributed by atoms with Crippen molar-refractivity contribution in [3.05, 3.63) is 35.7 Å². The summed E-state index contributed by atoms with van der Waals surface area (Å²) in [6, 6.07) is 7.65. The van der Waals surface area contributed by atoms with E-state index in [0.29, 0.717) is 30.4 Å². The molecule has 32 heavy (non-hydrogen) atoms. The van der Waals surface area contributed by atoms with Crippen LogP contribution in [0.25, 0.3) is 0 Å². The van der Waals surface area contributed by atoms with Crippen molar-refractivity contribution < 1.29 is 13.9 Å². The zero-order valence-electron chi connectivity index (χ0n) is 19.2. The predicted molar refractivity (Wildman–Crippen MR) is 122 cm³/mol. The summed E-state index contributed by atoms with van der Waals surface area (Å²) in [6.45, 7) is 9.45. The molecule has 170 valence electrons. The van der Waals surface area contributed by atoms with Crippen molar-refractivity contribution in [3.8, 4) is 6.07 Å². The Balaban J connectivity index is 1.48. The Labute approximate surface area is 188 Å². The third-order valence-corrected chi connectivity index (χ3v) is 6.51. The molecule has 3 N–H and O–H groups in total. The minimum absolute atomic E-state index is 0.100. The predicted octanol–water partition coefficient (Wildman–Crippen LogP) is 4.81. The van der Waals surface area contributed by atoms with Gasteiger partial charge in [-0.15, -0.1) is 0 Å². The van der Waals surface area contributed by atoms with Crippen molar-refractivity contribution in [1.29, 1.82) is 5.26 Å². The molecule has 2 aromatic rings. The summed E-state index contributed by atoms with van der Waals surface area (Å²) in [5, 5.41) is 12.6. The Morgan fingerprint density at radius 1 is 1.34 bits per heavy atom. The third kappa shape index (κ3) is 4.24. The number of nitrogens with one attached hydrogen (secondary N) is 1. The molecule has 2 heterocycles. The number of ether oxygens (including phenoxy) is 1. The van der Waals surface area contributed by atoms with Crippen LogP contribution < -0.4 is 16.0 Å². The summed E-state index contributed by atoms with van der Waals surface area (Å²) in [7, 11) is 0. The molecule has 1 aromatic heterocycles. The van der Waals surface area contributed by atoms with Crippen LogP contribution in [0.3, 0.4) is 0 Å². The van der Waals surface area contributed by atoms with Crippen molar-refractivity contribution in [2.75, 3.05) is 29.0 Å². The Bertz CT molecular complexity index is 1070. The number of carbonyl (C=O) groups excluding carboxylic acids is 1. The molecule has 0 bridgehead atoms. The highest BCUT2D eigenvalue weighted by molar-refractivity contribution is 5.87. The molecule has 8 nitrogen and oxygen atoms in total. The van der Waals surface area contributed by atoms with E-state index in [1.165, 1.54) is 4.90 Å². The Hall–Kier alpha value is -3.21. The lowest BCUT2D eigenvalue weighted by atomic mass is 9.68. The average molecular weight is 438 g/mol. The van der Waals surface area contributed by atoms with Crippen LogP contribution in [-0.4, -0.2) is 29.8 Å². The molecule has 0 unspecified atom stereocenters. The highest BCUT2D eigenvalue weighted by Gasteiger charge is 2.52. The summed E-state index contributed by atoms with van der Waals surface area (Å²) in [5.41, 5.74) is 7.98. The number of carbonyl (C=O) groups is 1. The summed E-state index contributed by atoms with van der Waals surface area (Å²) >= 11 is 0. The highest BCUT2D eigenvalue weighted by atomic mass is 16.6. The number of nitrogen functional groups attached to an aromatic ring is 1. The van der Waals surface area contributed by atoms with Gasteiger partial charge in [0.25, 0.3) is 0 Å². The number of anilines is 3. The Morgan fingerprint density at radius 2 is 2.12 bits per heavy atom. The van der Waals surface area contributed by atoms with Crippen LogP contribution >= 0.6 is 0 Å². The maximum atomic E-state index is 12.8. The summed E-state index contributed by atoms with van der Waals surface area (Å²) in [5.74, 6) is 0. The SMILES string of the molecule is CC(C)(C)c1coc(N2C[C@@]3(CCC[C@](C)(CNc4cc(C#N)ccc4N)C3)OC2=O)n1. The van der Waals surface area contributed by atoms with Gasteiger partial charge in [0.15, 0.2) is 0 Å². The zero-order valence-corrected chi connectivity index (χ0v) is 19.2. The lowest BCUT2D eigenvalue weighted by Gasteiger charge is -2.43. The molecule has 8 heteroatoms. The number of nitrogens with zero attached hydrogens (tertiary/aromatic N) is 3. The maximum absolute atomic E-state index is 12.8. The van der Waals surface area contributed by atoms with Crippen molar-refractivity contribution in [1.82, 2.24) is 4.98 Å². The number of aromatic nitrogens is 1. The van der Waals surface area contributed by atoms with E-state index in [9.17, 15) is 4.79 Å². The first kappa shape index (κ1) is 22.0. The minimum atomic E-state index is -0.567. The fourth-order valence-corrected chi connectivity index (χ4v) is 4.76. The fourth-order valence-electron chi connectivity index (χ4n) is 4.76. The summed E-state index contributed by atoms with van der Waals surface area (Å²) in [4.78, 5) is 18.8. The smallest absolute Gasteiger partial charge is 0.418 e. The van der Waals surface area contributed by atoms with Crippen LogP contribution in [0, 0.1) is 16.7 Å². The van der Waals surface area contributed by atoms with Gasteiger partial charge in [-0.05, 0) is 49.3 Å². The minimum Gasteiger partial charge on any atom is -0.441 e. The van der Waals surface area contributed by atoms with Crippen LogP contribution in [0.2, 0.25) is 0 Å². The van der Waals surface area contributed by atoms with Crippen molar-refractivity contribution in [2.45, 2.75) is 64.4 Å². The van der Waals surface area contributed by atoms with Gasteiger partial charge in [-0.25, -0.2) is 9.69 Å². The fraction of sp³-hybridized carbons (Fsp3) is 0.542. The number of rotatable bonds is 4. The number of amides is 1.